The van der Waals surface area contributed by atoms with E-state index in [4.69, 9.17) is 14.4 Å². The van der Waals surface area contributed by atoms with Gasteiger partial charge in [0.05, 0.1) is 22.1 Å². The first-order chi connectivity index (χ1) is 27.8. The third-order valence-corrected chi connectivity index (χ3v) is 13.4. The first-order valence-electron chi connectivity index (χ1n) is 19.8. The van der Waals surface area contributed by atoms with E-state index in [0.29, 0.717) is 5.58 Å². The van der Waals surface area contributed by atoms with Gasteiger partial charge in [-0.2, -0.15) is 0 Å². The number of fused-ring (bicyclic) bond motifs is 15. The van der Waals surface area contributed by atoms with E-state index in [-0.39, 0.29) is 10.8 Å². The van der Waals surface area contributed by atoms with Gasteiger partial charge in [0.15, 0.2) is 11.4 Å². The van der Waals surface area contributed by atoms with E-state index in [0.717, 1.165) is 39.0 Å². The van der Waals surface area contributed by atoms with Crippen molar-refractivity contribution in [2.45, 2.75) is 38.5 Å². The van der Waals surface area contributed by atoms with E-state index < -0.39 is 0 Å². The Morgan fingerprint density at radius 3 is 1.61 bits per heavy atom. The van der Waals surface area contributed by atoms with Gasteiger partial charge in [-0.15, -0.1) is 0 Å². The standard InChI is InChI=1S/C52H36N4O/c1-51(2)39-17-9-5-13-30(39)34-24-36-32-15-7-11-19-43(32)55(45(36)26-41(34)51)29-21-22-47-38(23-29)48-49(57-47)50(54-28-53-48)56-44-20-12-8-16-33(44)37-25-35-31-14-6-10-18-40(31)52(3,4)42(35)27-46(37)56/h5-28H,1-4H3. The lowest BCUT2D eigenvalue weighted by Gasteiger charge is -2.21. The van der Waals surface area contributed by atoms with Crippen LogP contribution in [0.2, 0.25) is 0 Å². The van der Waals surface area contributed by atoms with Crippen molar-refractivity contribution >= 4 is 65.7 Å². The molecule has 0 radical (unpaired) electrons. The summed E-state index contributed by atoms with van der Waals surface area (Å²) in [6, 6.07) is 51.3. The summed E-state index contributed by atoms with van der Waals surface area (Å²) in [6.45, 7) is 9.37. The lowest BCUT2D eigenvalue weighted by Crippen LogP contribution is -2.15. The molecule has 13 rings (SSSR count). The lowest BCUT2D eigenvalue weighted by atomic mass is 9.82. The SMILES string of the molecule is CC1(C)c2ccccc2-c2cc3c4ccccc4n(-c4ccc5oc6c(-n7c8ccccc8c8cc9c(cc87)C(C)(C)c7ccccc7-9)ncnc6c5c4)c3cc21. The van der Waals surface area contributed by atoms with Crippen LogP contribution in [0.15, 0.2) is 150 Å². The molecule has 7 aromatic carbocycles. The van der Waals surface area contributed by atoms with Crippen molar-refractivity contribution in [3.8, 4) is 33.8 Å². The predicted octanol–water partition coefficient (Wildman–Crippen LogP) is 13.2. The molecule has 4 heterocycles. The second-order valence-corrected chi connectivity index (χ2v) is 17.0. The Balaban J connectivity index is 1.04. The molecule has 0 saturated carbocycles. The first kappa shape index (κ1) is 31.2. The summed E-state index contributed by atoms with van der Waals surface area (Å²) in [6.07, 6.45) is 1.69. The average molecular weight is 733 g/mol. The number of furan rings is 1. The van der Waals surface area contributed by atoms with Gasteiger partial charge in [-0.3, -0.25) is 4.57 Å². The Kier molecular flexibility index (Phi) is 5.73. The van der Waals surface area contributed by atoms with Gasteiger partial charge in [-0.05, 0) is 99.1 Å². The normalized spacial score (nSPS) is 14.9. The molecule has 0 saturated heterocycles. The molecule has 0 fully saturated rings. The molecule has 2 aliphatic carbocycles. The van der Waals surface area contributed by atoms with Crippen molar-refractivity contribution in [3.63, 3.8) is 0 Å². The van der Waals surface area contributed by atoms with Crippen LogP contribution in [0.1, 0.15) is 49.9 Å². The molecule has 0 N–H and O–H groups in total. The van der Waals surface area contributed by atoms with E-state index >= 15 is 0 Å². The van der Waals surface area contributed by atoms with Crippen LogP contribution in [0.25, 0.3) is 99.4 Å². The number of para-hydroxylation sites is 2. The molecule has 0 bridgehead atoms. The molecule has 0 amide bonds. The van der Waals surface area contributed by atoms with Crippen molar-refractivity contribution in [1.29, 1.82) is 0 Å². The zero-order valence-corrected chi connectivity index (χ0v) is 32.1. The highest BCUT2D eigenvalue weighted by Gasteiger charge is 2.38. The maximum Gasteiger partial charge on any atom is 0.197 e. The maximum atomic E-state index is 6.81. The highest BCUT2D eigenvalue weighted by Crippen LogP contribution is 2.53. The van der Waals surface area contributed by atoms with Gasteiger partial charge in [0.25, 0.3) is 0 Å². The molecule has 11 aromatic rings. The van der Waals surface area contributed by atoms with Crippen molar-refractivity contribution in [2.24, 2.45) is 0 Å². The summed E-state index contributed by atoms with van der Waals surface area (Å²) in [7, 11) is 0. The molecule has 4 aromatic heterocycles. The highest BCUT2D eigenvalue weighted by atomic mass is 16.3. The van der Waals surface area contributed by atoms with Crippen LogP contribution in [-0.2, 0) is 10.8 Å². The van der Waals surface area contributed by atoms with E-state index in [2.05, 4.69) is 176 Å². The van der Waals surface area contributed by atoms with Crippen molar-refractivity contribution in [1.82, 2.24) is 19.1 Å². The van der Waals surface area contributed by atoms with E-state index in [1.165, 1.54) is 77.1 Å². The summed E-state index contributed by atoms with van der Waals surface area (Å²) in [5.74, 6) is 0.742. The van der Waals surface area contributed by atoms with Gasteiger partial charge in [0.1, 0.15) is 17.4 Å². The highest BCUT2D eigenvalue weighted by molar-refractivity contribution is 6.15. The first-order valence-corrected chi connectivity index (χ1v) is 19.8. The van der Waals surface area contributed by atoms with E-state index in [1.54, 1.807) is 6.33 Å². The Bertz CT molecular complexity index is 3590. The minimum Gasteiger partial charge on any atom is -0.450 e. The van der Waals surface area contributed by atoms with Crippen LogP contribution in [0, 0.1) is 0 Å². The van der Waals surface area contributed by atoms with E-state index in [1.807, 2.05) is 0 Å². The van der Waals surface area contributed by atoms with E-state index in [9.17, 15) is 0 Å². The fraction of sp³-hybridized carbons (Fsp3) is 0.115. The Morgan fingerprint density at radius 1 is 0.439 bits per heavy atom. The van der Waals surface area contributed by atoms with Crippen molar-refractivity contribution < 1.29 is 4.42 Å². The number of rotatable bonds is 2. The van der Waals surface area contributed by atoms with Gasteiger partial charge in [0, 0.05) is 43.4 Å². The molecule has 5 nitrogen and oxygen atoms in total. The number of benzene rings is 7. The number of aromatic nitrogens is 4. The molecule has 0 unspecified atom stereocenters. The van der Waals surface area contributed by atoms with Crippen LogP contribution in [0.4, 0.5) is 0 Å². The summed E-state index contributed by atoms with van der Waals surface area (Å²) in [5, 5.41) is 5.84. The predicted molar refractivity (Wildman–Crippen MR) is 233 cm³/mol. The fourth-order valence-electron chi connectivity index (χ4n) is 10.7. The second kappa shape index (κ2) is 10.4. The molecule has 0 atom stereocenters. The monoisotopic (exact) mass is 732 g/mol. The average Bonchev–Trinajstić information content (AvgIpc) is 3.99. The van der Waals surface area contributed by atoms with Crippen LogP contribution >= 0.6 is 0 Å². The topological polar surface area (TPSA) is 48.8 Å². The van der Waals surface area contributed by atoms with Gasteiger partial charge >= 0.3 is 0 Å². The van der Waals surface area contributed by atoms with Gasteiger partial charge in [0.2, 0.25) is 0 Å². The quantitative estimate of drug-likeness (QED) is 0.178. The summed E-state index contributed by atoms with van der Waals surface area (Å²) in [5.41, 5.74) is 18.4. The minimum atomic E-state index is -0.134. The van der Waals surface area contributed by atoms with Gasteiger partial charge in [-0.1, -0.05) is 113 Å². The molecule has 270 valence electrons. The second-order valence-electron chi connectivity index (χ2n) is 17.0. The molecule has 2 aliphatic rings. The van der Waals surface area contributed by atoms with Crippen LogP contribution in [0.3, 0.4) is 0 Å². The van der Waals surface area contributed by atoms with Crippen LogP contribution in [-0.4, -0.2) is 19.1 Å². The largest absolute Gasteiger partial charge is 0.450 e. The molecular weight excluding hydrogens is 697 g/mol. The molecule has 0 spiro atoms. The van der Waals surface area contributed by atoms with Gasteiger partial charge < -0.3 is 8.98 Å². The summed E-state index contributed by atoms with van der Waals surface area (Å²) in [4.78, 5) is 9.90. The fourth-order valence-corrected chi connectivity index (χ4v) is 10.7. The zero-order valence-electron chi connectivity index (χ0n) is 32.1. The maximum absolute atomic E-state index is 6.81. The molecule has 5 heteroatoms. The van der Waals surface area contributed by atoms with Crippen LogP contribution in [0.5, 0.6) is 0 Å². The third kappa shape index (κ3) is 3.84. The number of hydrogen-bond donors (Lipinski definition) is 0. The minimum absolute atomic E-state index is 0.105. The van der Waals surface area contributed by atoms with Crippen molar-refractivity contribution in [3.05, 3.63) is 168 Å². The lowest BCUT2D eigenvalue weighted by molar-refractivity contribution is 0.660. The Labute approximate surface area is 328 Å². The smallest absolute Gasteiger partial charge is 0.197 e. The number of hydrogen-bond acceptors (Lipinski definition) is 3. The molecular formula is C52H36N4O. The van der Waals surface area contributed by atoms with Crippen molar-refractivity contribution in [2.75, 3.05) is 0 Å². The Morgan fingerprint density at radius 2 is 0.982 bits per heavy atom. The van der Waals surface area contributed by atoms with Crippen LogP contribution < -0.4 is 0 Å². The zero-order chi connectivity index (χ0) is 37.9. The third-order valence-electron chi connectivity index (χ3n) is 13.4. The molecule has 57 heavy (non-hydrogen) atoms. The van der Waals surface area contributed by atoms with Gasteiger partial charge in [-0.25, -0.2) is 9.97 Å². The molecule has 0 aliphatic heterocycles. The summed E-state index contributed by atoms with van der Waals surface area (Å²) >= 11 is 0. The Hall–Kier alpha value is -6.98. The summed E-state index contributed by atoms with van der Waals surface area (Å²) < 4.78 is 11.5. The number of nitrogens with zero attached hydrogens (tertiary/aromatic N) is 4.